The molecule has 1 amide bonds. The summed E-state index contributed by atoms with van der Waals surface area (Å²) in [6, 6.07) is 6.32. The van der Waals surface area contributed by atoms with Gasteiger partial charge >= 0.3 is 5.97 Å². The van der Waals surface area contributed by atoms with Gasteiger partial charge < -0.3 is 15.5 Å². The second kappa shape index (κ2) is 5.68. The summed E-state index contributed by atoms with van der Waals surface area (Å²) in [7, 11) is 0. The van der Waals surface area contributed by atoms with Gasteiger partial charge in [0.05, 0.1) is 4.70 Å². The number of fused-ring (bicyclic) bond motifs is 3. The maximum absolute atomic E-state index is 12.1. The number of thiophene rings is 1. The van der Waals surface area contributed by atoms with Crippen molar-refractivity contribution in [1.82, 2.24) is 10.3 Å². The van der Waals surface area contributed by atoms with Crippen LogP contribution in [0.5, 0.6) is 5.75 Å². The van der Waals surface area contributed by atoms with Crippen molar-refractivity contribution in [3.05, 3.63) is 35.1 Å². The molecule has 0 aliphatic rings. The molecule has 23 heavy (non-hydrogen) atoms. The van der Waals surface area contributed by atoms with Crippen LogP contribution in [0.2, 0.25) is 5.15 Å². The maximum atomic E-state index is 12.1. The molecule has 0 radical (unpaired) electrons. The van der Waals surface area contributed by atoms with E-state index in [1.807, 2.05) is 24.3 Å². The van der Waals surface area contributed by atoms with Crippen molar-refractivity contribution in [2.24, 2.45) is 0 Å². The van der Waals surface area contributed by atoms with Crippen molar-refractivity contribution in [1.29, 1.82) is 0 Å². The van der Waals surface area contributed by atoms with Gasteiger partial charge in [0.15, 0.2) is 11.4 Å². The number of hydrogen-bond donors (Lipinski definition) is 3. The van der Waals surface area contributed by atoms with Crippen LogP contribution in [0.4, 0.5) is 0 Å². The SMILES string of the molecule is C[C@H](NC(=O)c1nc(Cl)c2c(sc3ccccc32)c1O)C(=O)O. The van der Waals surface area contributed by atoms with Gasteiger partial charge in [0.1, 0.15) is 11.2 Å². The fraction of sp³-hybridized carbons (Fsp3) is 0.133. The Morgan fingerprint density at radius 3 is 2.74 bits per heavy atom. The van der Waals surface area contributed by atoms with Gasteiger partial charge in [-0.2, -0.15) is 0 Å². The zero-order valence-electron chi connectivity index (χ0n) is 11.8. The average molecular weight is 351 g/mol. The third kappa shape index (κ3) is 2.58. The predicted molar refractivity (Wildman–Crippen MR) is 88.4 cm³/mol. The van der Waals surface area contributed by atoms with Gasteiger partial charge in [-0.15, -0.1) is 11.3 Å². The molecule has 0 saturated carbocycles. The molecule has 1 atom stereocenters. The summed E-state index contributed by atoms with van der Waals surface area (Å²) in [6.45, 7) is 1.32. The Morgan fingerprint density at radius 1 is 1.35 bits per heavy atom. The Labute approximate surface area is 139 Å². The number of carboxylic acid groups (broad SMARTS) is 1. The molecule has 0 spiro atoms. The topological polar surface area (TPSA) is 99.5 Å². The highest BCUT2D eigenvalue weighted by Gasteiger charge is 2.24. The Kier molecular flexibility index (Phi) is 3.83. The Balaban J connectivity index is 2.16. The number of amides is 1. The first-order chi connectivity index (χ1) is 10.9. The van der Waals surface area contributed by atoms with E-state index in [1.165, 1.54) is 18.3 Å². The van der Waals surface area contributed by atoms with E-state index in [4.69, 9.17) is 16.7 Å². The number of nitrogens with one attached hydrogen (secondary N) is 1. The van der Waals surface area contributed by atoms with Crippen molar-refractivity contribution in [3.8, 4) is 5.75 Å². The van der Waals surface area contributed by atoms with E-state index in [-0.39, 0.29) is 16.6 Å². The molecule has 3 rings (SSSR count). The van der Waals surface area contributed by atoms with Crippen molar-refractivity contribution >= 4 is 55.0 Å². The maximum Gasteiger partial charge on any atom is 0.325 e. The summed E-state index contributed by atoms with van der Waals surface area (Å²) >= 11 is 7.47. The quantitative estimate of drug-likeness (QED) is 0.630. The van der Waals surface area contributed by atoms with Crippen LogP contribution in [-0.4, -0.2) is 33.1 Å². The van der Waals surface area contributed by atoms with E-state index in [0.29, 0.717) is 10.1 Å². The van der Waals surface area contributed by atoms with E-state index in [9.17, 15) is 14.7 Å². The normalized spacial score (nSPS) is 12.4. The van der Waals surface area contributed by atoms with Crippen molar-refractivity contribution in [2.75, 3.05) is 0 Å². The monoisotopic (exact) mass is 350 g/mol. The summed E-state index contributed by atoms with van der Waals surface area (Å²) in [5.74, 6) is -2.29. The van der Waals surface area contributed by atoms with Gasteiger partial charge in [0.25, 0.3) is 5.91 Å². The molecular formula is C15H11ClN2O4S. The molecule has 2 aromatic heterocycles. The summed E-state index contributed by atoms with van der Waals surface area (Å²) in [6.07, 6.45) is 0. The summed E-state index contributed by atoms with van der Waals surface area (Å²) in [5, 5.41) is 23.0. The summed E-state index contributed by atoms with van der Waals surface area (Å²) in [5.41, 5.74) is -0.290. The molecule has 1 aromatic carbocycles. The van der Waals surface area contributed by atoms with Crippen LogP contribution in [-0.2, 0) is 4.79 Å². The predicted octanol–water partition coefficient (Wildman–Crippen LogP) is 3.01. The fourth-order valence-electron chi connectivity index (χ4n) is 2.22. The lowest BCUT2D eigenvalue weighted by Crippen LogP contribution is -2.38. The molecule has 0 aliphatic heterocycles. The van der Waals surface area contributed by atoms with E-state index >= 15 is 0 Å². The van der Waals surface area contributed by atoms with Crippen LogP contribution in [0.25, 0.3) is 20.2 Å². The van der Waals surface area contributed by atoms with E-state index in [1.54, 1.807) is 0 Å². The van der Waals surface area contributed by atoms with E-state index in [0.717, 1.165) is 10.1 Å². The van der Waals surface area contributed by atoms with E-state index < -0.39 is 17.9 Å². The Hall–Kier alpha value is -2.38. The first-order valence-corrected chi connectivity index (χ1v) is 7.83. The van der Waals surface area contributed by atoms with Gasteiger partial charge in [-0.05, 0) is 13.0 Å². The van der Waals surface area contributed by atoms with Crippen LogP contribution >= 0.6 is 22.9 Å². The van der Waals surface area contributed by atoms with Gasteiger partial charge in [-0.25, -0.2) is 4.98 Å². The molecule has 8 heteroatoms. The van der Waals surface area contributed by atoms with Crippen LogP contribution in [0, 0.1) is 0 Å². The number of carbonyl (C=O) groups excluding carboxylic acids is 1. The second-order valence-corrected chi connectivity index (χ2v) is 6.35. The minimum Gasteiger partial charge on any atom is -0.504 e. The molecule has 3 aromatic rings. The van der Waals surface area contributed by atoms with Crippen LogP contribution in [0.1, 0.15) is 17.4 Å². The number of nitrogens with zero attached hydrogens (tertiary/aromatic N) is 1. The molecule has 3 N–H and O–H groups in total. The molecule has 0 saturated heterocycles. The smallest absolute Gasteiger partial charge is 0.325 e. The van der Waals surface area contributed by atoms with Gasteiger partial charge in [-0.3, -0.25) is 9.59 Å². The van der Waals surface area contributed by atoms with Crippen molar-refractivity contribution < 1.29 is 19.8 Å². The number of halogens is 1. The molecule has 0 fully saturated rings. The first-order valence-electron chi connectivity index (χ1n) is 6.63. The number of carboxylic acids is 1. The molecule has 2 heterocycles. The largest absolute Gasteiger partial charge is 0.504 e. The first kappa shape index (κ1) is 15.5. The number of aromatic nitrogens is 1. The third-order valence-corrected chi connectivity index (χ3v) is 4.84. The minimum absolute atomic E-state index is 0.0865. The zero-order chi connectivity index (χ0) is 16.7. The lowest BCUT2D eigenvalue weighted by molar-refractivity contribution is -0.138. The molecule has 0 unspecified atom stereocenters. The van der Waals surface area contributed by atoms with Crippen molar-refractivity contribution in [3.63, 3.8) is 0 Å². The van der Waals surface area contributed by atoms with Gasteiger partial charge in [-0.1, -0.05) is 29.8 Å². The molecular weight excluding hydrogens is 340 g/mol. The van der Waals surface area contributed by atoms with Crippen LogP contribution < -0.4 is 5.32 Å². The summed E-state index contributed by atoms with van der Waals surface area (Å²) < 4.78 is 1.34. The van der Waals surface area contributed by atoms with Gasteiger partial charge in [0, 0.05) is 15.5 Å². The number of rotatable bonds is 3. The molecule has 118 valence electrons. The standard InChI is InChI=1S/C15H11ClN2O4S/c1-6(15(21)22)17-14(20)10-11(19)12-9(13(16)18-10)7-4-2-3-5-8(7)23-12/h2-6,19H,1H3,(H,17,20)(H,21,22)/t6-/m0/s1. The lowest BCUT2D eigenvalue weighted by atomic mass is 10.1. The zero-order valence-corrected chi connectivity index (χ0v) is 13.4. The number of hydrogen-bond acceptors (Lipinski definition) is 5. The van der Waals surface area contributed by atoms with Crippen LogP contribution in [0.3, 0.4) is 0 Å². The van der Waals surface area contributed by atoms with Crippen molar-refractivity contribution in [2.45, 2.75) is 13.0 Å². The number of aliphatic carboxylic acids is 1. The number of aromatic hydroxyl groups is 1. The molecule has 0 bridgehead atoms. The lowest BCUT2D eigenvalue weighted by Gasteiger charge is -2.10. The number of benzene rings is 1. The fourth-order valence-corrected chi connectivity index (χ4v) is 3.70. The average Bonchev–Trinajstić information content (AvgIpc) is 2.90. The highest BCUT2D eigenvalue weighted by molar-refractivity contribution is 7.26. The Bertz CT molecular complexity index is 953. The Morgan fingerprint density at radius 2 is 2.04 bits per heavy atom. The third-order valence-electron chi connectivity index (χ3n) is 3.38. The molecule has 6 nitrogen and oxygen atoms in total. The number of pyridine rings is 1. The van der Waals surface area contributed by atoms with Crippen LogP contribution in [0.15, 0.2) is 24.3 Å². The molecule has 0 aliphatic carbocycles. The minimum atomic E-state index is -1.19. The van der Waals surface area contributed by atoms with E-state index in [2.05, 4.69) is 10.3 Å². The summed E-state index contributed by atoms with van der Waals surface area (Å²) in [4.78, 5) is 26.9. The highest BCUT2D eigenvalue weighted by Crippen LogP contribution is 2.42. The number of carbonyl (C=O) groups is 2. The highest BCUT2D eigenvalue weighted by atomic mass is 35.5. The van der Waals surface area contributed by atoms with Gasteiger partial charge in [0.2, 0.25) is 0 Å². The second-order valence-electron chi connectivity index (χ2n) is 4.94.